The highest BCUT2D eigenvalue weighted by Gasteiger charge is 2.33. The number of likely N-dealkylation sites (tertiary alicyclic amines) is 1. The molecule has 160 valence electrons. The second-order valence-corrected chi connectivity index (χ2v) is 9.81. The summed E-state index contributed by atoms with van der Waals surface area (Å²) < 4.78 is 33.2. The van der Waals surface area contributed by atoms with Crippen LogP contribution in [0.2, 0.25) is 0 Å². The third kappa shape index (κ3) is 5.15. The first-order valence-corrected chi connectivity index (χ1v) is 11.4. The fraction of sp³-hybridized carbons (Fsp3) is 0.600. The molecule has 0 radical (unpaired) electrons. The Bertz CT molecular complexity index is 855. The maximum Gasteiger partial charge on any atom is 0.253 e. The van der Waals surface area contributed by atoms with Crippen LogP contribution in [0.3, 0.4) is 0 Å². The summed E-state index contributed by atoms with van der Waals surface area (Å²) >= 11 is 0. The lowest BCUT2D eigenvalue weighted by Crippen LogP contribution is -2.48. The summed E-state index contributed by atoms with van der Waals surface area (Å²) in [6.45, 7) is 6.83. The summed E-state index contributed by atoms with van der Waals surface area (Å²) in [5.41, 5.74) is 0.360. The first-order valence-electron chi connectivity index (χ1n) is 9.99. The van der Waals surface area contributed by atoms with Gasteiger partial charge in [-0.3, -0.25) is 9.59 Å². The van der Waals surface area contributed by atoms with Crippen LogP contribution in [-0.2, 0) is 19.6 Å². The smallest absolute Gasteiger partial charge is 0.253 e. The van der Waals surface area contributed by atoms with Gasteiger partial charge in [0.2, 0.25) is 15.9 Å². The molecule has 8 nitrogen and oxygen atoms in total. The summed E-state index contributed by atoms with van der Waals surface area (Å²) in [6.07, 6.45) is 1.02. The average Bonchev–Trinajstić information content (AvgIpc) is 2.67. The van der Waals surface area contributed by atoms with Crippen molar-refractivity contribution >= 4 is 21.8 Å². The molecule has 2 heterocycles. The molecular formula is C20H29N3O5S. The Morgan fingerprint density at radius 2 is 1.72 bits per heavy atom. The maximum absolute atomic E-state index is 13.1. The Labute approximate surface area is 172 Å². The fourth-order valence-corrected chi connectivity index (χ4v) is 5.60. The van der Waals surface area contributed by atoms with Crippen molar-refractivity contribution in [3.63, 3.8) is 0 Å². The number of morpholine rings is 1. The number of rotatable bonds is 4. The number of hydrogen-bond acceptors (Lipinski definition) is 5. The van der Waals surface area contributed by atoms with E-state index in [-0.39, 0.29) is 35.0 Å². The zero-order valence-electron chi connectivity index (χ0n) is 17.1. The molecule has 2 fully saturated rings. The van der Waals surface area contributed by atoms with Gasteiger partial charge in [-0.15, -0.1) is 0 Å². The number of nitrogens with one attached hydrogen (secondary N) is 1. The van der Waals surface area contributed by atoms with E-state index in [4.69, 9.17) is 4.74 Å². The first kappa shape index (κ1) is 21.7. The Hall–Kier alpha value is -1.97. The highest BCUT2D eigenvalue weighted by Crippen LogP contribution is 2.23. The largest absolute Gasteiger partial charge is 0.373 e. The molecule has 0 aromatic heterocycles. The van der Waals surface area contributed by atoms with Gasteiger partial charge in [0.25, 0.3) is 5.91 Å². The molecule has 2 aliphatic heterocycles. The second kappa shape index (κ2) is 8.81. The molecule has 0 aliphatic carbocycles. The van der Waals surface area contributed by atoms with Crippen LogP contribution in [0.15, 0.2) is 29.2 Å². The molecule has 9 heteroatoms. The minimum absolute atomic E-state index is 0.0700. The average molecular weight is 424 g/mol. The van der Waals surface area contributed by atoms with Gasteiger partial charge in [0, 0.05) is 44.7 Å². The van der Waals surface area contributed by atoms with Crippen LogP contribution in [0.25, 0.3) is 0 Å². The van der Waals surface area contributed by atoms with Gasteiger partial charge in [-0.1, -0.05) is 6.07 Å². The predicted octanol–water partition coefficient (Wildman–Crippen LogP) is 1.23. The van der Waals surface area contributed by atoms with E-state index in [1.54, 1.807) is 17.0 Å². The maximum atomic E-state index is 13.1. The van der Waals surface area contributed by atoms with Crippen molar-refractivity contribution in [1.82, 2.24) is 14.5 Å². The van der Waals surface area contributed by atoms with Crippen LogP contribution in [0.4, 0.5) is 0 Å². The number of hydrogen-bond donors (Lipinski definition) is 1. The van der Waals surface area contributed by atoms with E-state index in [0.29, 0.717) is 44.6 Å². The third-order valence-corrected chi connectivity index (χ3v) is 7.12. The number of ether oxygens (including phenoxy) is 1. The minimum atomic E-state index is -3.70. The van der Waals surface area contributed by atoms with Gasteiger partial charge in [0.05, 0.1) is 17.1 Å². The third-order valence-electron chi connectivity index (χ3n) is 5.29. The van der Waals surface area contributed by atoms with Gasteiger partial charge in [0.15, 0.2) is 0 Å². The van der Waals surface area contributed by atoms with Crippen LogP contribution in [-0.4, -0.2) is 73.9 Å². The summed E-state index contributed by atoms with van der Waals surface area (Å²) in [5.74, 6) is -0.258. The zero-order valence-corrected chi connectivity index (χ0v) is 17.9. The molecule has 0 bridgehead atoms. The highest BCUT2D eigenvalue weighted by atomic mass is 32.2. The normalized spacial score (nSPS) is 24.3. The summed E-state index contributed by atoms with van der Waals surface area (Å²) in [4.78, 5) is 25.9. The number of amides is 2. The Morgan fingerprint density at radius 1 is 1.10 bits per heavy atom. The van der Waals surface area contributed by atoms with E-state index in [1.165, 1.54) is 23.4 Å². The topological polar surface area (TPSA) is 96.0 Å². The summed E-state index contributed by atoms with van der Waals surface area (Å²) in [6, 6.07) is 6.32. The van der Waals surface area contributed by atoms with Crippen molar-refractivity contribution in [2.24, 2.45) is 0 Å². The van der Waals surface area contributed by atoms with Crippen molar-refractivity contribution in [2.45, 2.75) is 56.8 Å². The van der Waals surface area contributed by atoms with Gasteiger partial charge in [0.1, 0.15) is 0 Å². The number of carbonyl (C=O) groups excluding carboxylic acids is 2. The zero-order chi connectivity index (χ0) is 21.2. The lowest BCUT2D eigenvalue weighted by molar-refractivity contribution is -0.119. The summed E-state index contributed by atoms with van der Waals surface area (Å²) in [7, 11) is -3.70. The van der Waals surface area contributed by atoms with Gasteiger partial charge in [-0.2, -0.15) is 4.31 Å². The molecule has 1 aromatic rings. The highest BCUT2D eigenvalue weighted by molar-refractivity contribution is 7.89. The predicted molar refractivity (Wildman–Crippen MR) is 108 cm³/mol. The number of nitrogens with zero attached hydrogens (tertiary/aromatic N) is 2. The molecule has 2 unspecified atom stereocenters. The Morgan fingerprint density at radius 3 is 2.31 bits per heavy atom. The lowest BCUT2D eigenvalue weighted by atomic mass is 10.0. The molecule has 3 rings (SSSR count). The first-order chi connectivity index (χ1) is 13.7. The van der Waals surface area contributed by atoms with Crippen molar-refractivity contribution < 1.29 is 22.7 Å². The van der Waals surface area contributed by atoms with Crippen molar-refractivity contribution in [3.05, 3.63) is 29.8 Å². The fourth-order valence-electron chi connectivity index (χ4n) is 3.96. The number of carbonyl (C=O) groups is 2. The minimum Gasteiger partial charge on any atom is -0.373 e. The van der Waals surface area contributed by atoms with E-state index < -0.39 is 10.0 Å². The number of benzene rings is 1. The van der Waals surface area contributed by atoms with Crippen LogP contribution < -0.4 is 5.32 Å². The molecule has 2 amide bonds. The monoisotopic (exact) mass is 423 g/mol. The van der Waals surface area contributed by atoms with Gasteiger partial charge in [-0.25, -0.2) is 8.42 Å². The second-order valence-electron chi connectivity index (χ2n) is 7.87. The van der Waals surface area contributed by atoms with Gasteiger partial charge in [-0.05, 0) is 44.9 Å². The van der Waals surface area contributed by atoms with Crippen LogP contribution in [0.5, 0.6) is 0 Å². The molecule has 1 N–H and O–H groups in total. The Kier molecular flexibility index (Phi) is 6.60. The van der Waals surface area contributed by atoms with E-state index in [1.807, 2.05) is 13.8 Å². The van der Waals surface area contributed by atoms with E-state index in [9.17, 15) is 18.0 Å². The standard InChI is InChI=1S/C20H29N3O5S/c1-14-12-23(13-15(2)28-14)29(26,27)19-6-4-5-17(11-19)20(25)22-9-7-18(8-10-22)21-16(3)24/h4-6,11,14-15,18H,7-10,12-13H2,1-3H3,(H,21,24). The lowest BCUT2D eigenvalue weighted by Gasteiger charge is -2.34. The molecule has 2 atom stereocenters. The molecular weight excluding hydrogens is 394 g/mol. The molecule has 2 aliphatic rings. The van der Waals surface area contributed by atoms with Crippen molar-refractivity contribution in [2.75, 3.05) is 26.2 Å². The van der Waals surface area contributed by atoms with Crippen molar-refractivity contribution in [1.29, 1.82) is 0 Å². The van der Waals surface area contributed by atoms with Gasteiger partial charge < -0.3 is 15.0 Å². The summed E-state index contributed by atoms with van der Waals surface area (Å²) in [5, 5.41) is 2.88. The number of sulfonamides is 1. The molecule has 29 heavy (non-hydrogen) atoms. The van der Waals surface area contributed by atoms with E-state index >= 15 is 0 Å². The SMILES string of the molecule is CC(=O)NC1CCN(C(=O)c2cccc(S(=O)(=O)N3CC(C)OC(C)C3)c2)CC1. The quantitative estimate of drug-likeness (QED) is 0.786. The van der Waals surface area contributed by atoms with Crippen LogP contribution in [0.1, 0.15) is 44.0 Å². The molecule has 1 aromatic carbocycles. The van der Waals surface area contributed by atoms with E-state index in [0.717, 1.165) is 0 Å². The molecule has 0 saturated carbocycles. The van der Waals surface area contributed by atoms with E-state index in [2.05, 4.69) is 5.32 Å². The molecule has 2 saturated heterocycles. The van der Waals surface area contributed by atoms with Crippen LogP contribution in [0, 0.1) is 0 Å². The number of piperidine rings is 1. The Balaban J connectivity index is 1.72. The molecule has 0 spiro atoms. The van der Waals surface area contributed by atoms with Crippen molar-refractivity contribution in [3.8, 4) is 0 Å². The van der Waals surface area contributed by atoms with Crippen LogP contribution >= 0.6 is 0 Å². The van der Waals surface area contributed by atoms with Gasteiger partial charge >= 0.3 is 0 Å².